The van der Waals surface area contributed by atoms with Crippen LogP contribution >= 0.6 is 0 Å². The van der Waals surface area contributed by atoms with Gasteiger partial charge in [-0.05, 0) is 50.6 Å². The average molecular weight is 352 g/mol. The molecule has 0 radical (unpaired) electrons. The molecule has 0 unspecified atom stereocenters. The fourth-order valence-corrected chi connectivity index (χ4v) is 4.19. The number of nitrogens with zero attached hydrogens (tertiary/aromatic N) is 3. The highest BCUT2D eigenvalue weighted by molar-refractivity contribution is 6.11. The minimum atomic E-state index is -0.281. The minimum Gasteiger partial charge on any atom is -0.353 e. The SMILES string of the molecule is C[C@@H](C(=O)N1CC(=O)Nc2ccccc21)N1CCC[C@H]1c1cccn1C. The number of nitrogens with one attached hydrogen (secondary N) is 1. The first kappa shape index (κ1) is 16.8. The summed E-state index contributed by atoms with van der Waals surface area (Å²) in [6.45, 7) is 2.92. The van der Waals surface area contributed by atoms with Gasteiger partial charge in [0.15, 0.2) is 0 Å². The zero-order valence-corrected chi connectivity index (χ0v) is 15.2. The van der Waals surface area contributed by atoms with Crippen LogP contribution in [0.15, 0.2) is 42.6 Å². The van der Waals surface area contributed by atoms with Crippen molar-refractivity contribution in [2.24, 2.45) is 7.05 Å². The molecule has 3 heterocycles. The number of para-hydroxylation sites is 2. The van der Waals surface area contributed by atoms with E-state index in [0.29, 0.717) is 5.69 Å². The quantitative estimate of drug-likeness (QED) is 0.924. The van der Waals surface area contributed by atoms with Crippen molar-refractivity contribution in [1.82, 2.24) is 9.47 Å². The second-order valence-electron chi connectivity index (χ2n) is 7.11. The van der Waals surface area contributed by atoms with E-state index in [9.17, 15) is 9.59 Å². The molecule has 0 spiro atoms. The molecular weight excluding hydrogens is 328 g/mol. The summed E-state index contributed by atoms with van der Waals surface area (Å²) in [5, 5.41) is 2.84. The molecule has 0 saturated carbocycles. The number of rotatable bonds is 3. The Kier molecular flexibility index (Phi) is 4.28. The fraction of sp³-hybridized carbons (Fsp3) is 0.400. The van der Waals surface area contributed by atoms with Crippen LogP contribution in [0.5, 0.6) is 0 Å². The third-order valence-corrected chi connectivity index (χ3v) is 5.51. The lowest BCUT2D eigenvalue weighted by Crippen LogP contribution is -2.51. The zero-order valence-electron chi connectivity index (χ0n) is 15.2. The van der Waals surface area contributed by atoms with E-state index in [4.69, 9.17) is 0 Å². The second-order valence-corrected chi connectivity index (χ2v) is 7.11. The number of carbonyl (C=O) groups excluding carboxylic acids is 2. The molecule has 0 bridgehead atoms. The molecule has 2 amide bonds. The maximum Gasteiger partial charge on any atom is 0.244 e. The Balaban J connectivity index is 1.60. The molecule has 2 aliphatic rings. The summed E-state index contributed by atoms with van der Waals surface area (Å²) in [7, 11) is 2.05. The Bertz CT molecular complexity index is 844. The molecule has 1 aromatic heterocycles. The van der Waals surface area contributed by atoms with E-state index in [1.54, 1.807) is 4.90 Å². The Morgan fingerprint density at radius 1 is 1.23 bits per heavy atom. The lowest BCUT2D eigenvalue weighted by atomic mass is 10.1. The number of hydrogen-bond acceptors (Lipinski definition) is 3. The number of anilines is 2. The number of likely N-dealkylation sites (tertiary alicyclic amines) is 1. The number of benzene rings is 1. The zero-order chi connectivity index (χ0) is 18.3. The van der Waals surface area contributed by atoms with Gasteiger partial charge in [0.2, 0.25) is 11.8 Å². The number of amides is 2. The predicted molar refractivity (Wildman–Crippen MR) is 101 cm³/mol. The molecular formula is C20H24N4O2. The van der Waals surface area contributed by atoms with E-state index < -0.39 is 0 Å². The summed E-state index contributed by atoms with van der Waals surface area (Å²) < 4.78 is 2.13. The smallest absolute Gasteiger partial charge is 0.244 e. The summed E-state index contributed by atoms with van der Waals surface area (Å²) in [6, 6.07) is 11.6. The van der Waals surface area contributed by atoms with Crippen molar-refractivity contribution in [3.63, 3.8) is 0 Å². The maximum absolute atomic E-state index is 13.3. The third kappa shape index (κ3) is 2.80. The molecule has 2 aliphatic heterocycles. The van der Waals surface area contributed by atoms with Crippen molar-refractivity contribution in [3.05, 3.63) is 48.3 Å². The highest BCUT2D eigenvalue weighted by Crippen LogP contribution is 2.35. The number of aryl methyl sites for hydroxylation is 1. The molecule has 136 valence electrons. The van der Waals surface area contributed by atoms with Gasteiger partial charge in [-0.25, -0.2) is 0 Å². The van der Waals surface area contributed by atoms with Gasteiger partial charge >= 0.3 is 0 Å². The van der Waals surface area contributed by atoms with Crippen LogP contribution in [0.25, 0.3) is 0 Å². The van der Waals surface area contributed by atoms with Gasteiger partial charge in [-0.1, -0.05) is 12.1 Å². The van der Waals surface area contributed by atoms with E-state index in [-0.39, 0.29) is 30.4 Å². The summed E-state index contributed by atoms with van der Waals surface area (Å²) in [5.41, 5.74) is 2.71. The Morgan fingerprint density at radius 2 is 2.04 bits per heavy atom. The second kappa shape index (κ2) is 6.61. The van der Waals surface area contributed by atoms with Gasteiger partial charge in [0.1, 0.15) is 6.54 Å². The number of aromatic nitrogens is 1. The summed E-state index contributed by atoms with van der Waals surface area (Å²) in [4.78, 5) is 29.2. The van der Waals surface area contributed by atoms with Crippen LogP contribution in [-0.2, 0) is 16.6 Å². The Labute approximate surface area is 153 Å². The predicted octanol–water partition coefficient (Wildman–Crippen LogP) is 2.54. The van der Waals surface area contributed by atoms with E-state index in [1.165, 1.54) is 5.69 Å². The van der Waals surface area contributed by atoms with Crippen molar-refractivity contribution in [3.8, 4) is 0 Å². The third-order valence-electron chi connectivity index (χ3n) is 5.51. The highest BCUT2D eigenvalue weighted by Gasteiger charge is 2.37. The van der Waals surface area contributed by atoms with Gasteiger partial charge in [0, 0.05) is 18.9 Å². The first-order valence-electron chi connectivity index (χ1n) is 9.13. The van der Waals surface area contributed by atoms with Crippen molar-refractivity contribution in [2.45, 2.75) is 31.8 Å². The van der Waals surface area contributed by atoms with Crippen LogP contribution < -0.4 is 10.2 Å². The van der Waals surface area contributed by atoms with Crippen molar-refractivity contribution >= 4 is 23.2 Å². The van der Waals surface area contributed by atoms with E-state index >= 15 is 0 Å². The van der Waals surface area contributed by atoms with Crippen LogP contribution in [0.3, 0.4) is 0 Å². The van der Waals surface area contributed by atoms with Crippen LogP contribution in [-0.4, -0.2) is 40.4 Å². The molecule has 4 rings (SSSR count). The van der Waals surface area contributed by atoms with E-state index in [0.717, 1.165) is 25.1 Å². The van der Waals surface area contributed by atoms with Gasteiger partial charge in [-0.3, -0.25) is 19.4 Å². The highest BCUT2D eigenvalue weighted by atomic mass is 16.2. The Morgan fingerprint density at radius 3 is 2.81 bits per heavy atom. The van der Waals surface area contributed by atoms with E-state index in [1.807, 2.05) is 50.5 Å². The number of carbonyl (C=O) groups is 2. The average Bonchev–Trinajstić information content (AvgIpc) is 3.28. The van der Waals surface area contributed by atoms with Gasteiger partial charge in [-0.15, -0.1) is 0 Å². The topological polar surface area (TPSA) is 57.6 Å². The van der Waals surface area contributed by atoms with Gasteiger partial charge in [0.05, 0.1) is 23.5 Å². The van der Waals surface area contributed by atoms with Gasteiger partial charge < -0.3 is 9.88 Å². The summed E-state index contributed by atoms with van der Waals surface area (Å²) in [5.74, 6) is -0.168. The minimum absolute atomic E-state index is 0.0200. The summed E-state index contributed by atoms with van der Waals surface area (Å²) in [6.07, 6.45) is 4.17. The molecule has 2 aromatic rings. The largest absolute Gasteiger partial charge is 0.353 e. The fourth-order valence-electron chi connectivity index (χ4n) is 4.19. The van der Waals surface area contributed by atoms with Crippen molar-refractivity contribution in [1.29, 1.82) is 0 Å². The molecule has 0 aliphatic carbocycles. The van der Waals surface area contributed by atoms with Crippen LogP contribution in [0.2, 0.25) is 0 Å². The molecule has 1 aromatic carbocycles. The lowest BCUT2D eigenvalue weighted by molar-refractivity contribution is -0.125. The Hall–Kier alpha value is -2.60. The van der Waals surface area contributed by atoms with Gasteiger partial charge in [0.25, 0.3) is 0 Å². The number of hydrogen-bond donors (Lipinski definition) is 1. The molecule has 6 nitrogen and oxygen atoms in total. The first-order chi connectivity index (χ1) is 12.6. The van der Waals surface area contributed by atoms with Crippen LogP contribution in [0.4, 0.5) is 11.4 Å². The van der Waals surface area contributed by atoms with E-state index in [2.05, 4.69) is 20.9 Å². The molecule has 2 atom stereocenters. The number of fused-ring (bicyclic) bond motifs is 1. The van der Waals surface area contributed by atoms with Crippen LogP contribution in [0, 0.1) is 0 Å². The molecule has 1 fully saturated rings. The molecule has 1 saturated heterocycles. The lowest BCUT2D eigenvalue weighted by Gasteiger charge is -2.36. The monoisotopic (exact) mass is 352 g/mol. The summed E-state index contributed by atoms with van der Waals surface area (Å²) >= 11 is 0. The van der Waals surface area contributed by atoms with Crippen LogP contribution in [0.1, 0.15) is 31.5 Å². The van der Waals surface area contributed by atoms with Gasteiger partial charge in [-0.2, -0.15) is 0 Å². The van der Waals surface area contributed by atoms with Crippen molar-refractivity contribution in [2.75, 3.05) is 23.3 Å². The standard InChI is InChI=1S/C20H24N4O2/c1-14(23-12-6-10-18(23)17-9-5-11-22(17)2)20(26)24-13-19(25)21-15-7-3-4-8-16(15)24/h3-5,7-9,11,14,18H,6,10,12-13H2,1-2H3,(H,21,25)/t14-,18-/m0/s1. The first-order valence-corrected chi connectivity index (χ1v) is 9.13. The maximum atomic E-state index is 13.3. The normalized spacial score (nSPS) is 21.4. The molecule has 1 N–H and O–H groups in total. The van der Waals surface area contributed by atoms with Crippen molar-refractivity contribution < 1.29 is 9.59 Å². The molecule has 6 heteroatoms. The molecule has 26 heavy (non-hydrogen) atoms.